The highest BCUT2D eigenvalue weighted by Gasteiger charge is 2.20. The maximum atomic E-state index is 10.1. The number of halogens is 1. The van der Waals surface area contributed by atoms with Gasteiger partial charge in [0.05, 0.1) is 6.54 Å². The summed E-state index contributed by atoms with van der Waals surface area (Å²) in [6.45, 7) is 0.516. The van der Waals surface area contributed by atoms with Crippen molar-refractivity contribution >= 4 is 23.4 Å². The second kappa shape index (κ2) is 1.50. The van der Waals surface area contributed by atoms with Crippen molar-refractivity contribution in [2.75, 3.05) is 6.54 Å². The van der Waals surface area contributed by atoms with E-state index in [9.17, 15) is 4.79 Å². The number of nitrogens with one attached hydrogen (secondary N) is 1. The molecule has 1 aliphatic heterocycles. The molecular formula is C3H3ClN2O. The van der Waals surface area contributed by atoms with Gasteiger partial charge in [0.2, 0.25) is 0 Å². The first kappa shape index (κ1) is 4.59. The van der Waals surface area contributed by atoms with Gasteiger partial charge in [-0.3, -0.25) is 4.79 Å². The van der Waals surface area contributed by atoms with Crippen LogP contribution in [0, 0.1) is 0 Å². The van der Waals surface area contributed by atoms with Gasteiger partial charge >= 0.3 is 0 Å². The number of β-lactam (4-membered cyclic amide) rings is 1. The van der Waals surface area contributed by atoms with Gasteiger partial charge in [-0.05, 0) is 0 Å². The van der Waals surface area contributed by atoms with E-state index in [2.05, 4.69) is 9.83 Å². The molecule has 4 heteroatoms. The van der Waals surface area contributed by atoms with Crippen LogP contribution in [0.25, 0.3) is 0 Å². The lowest BCUT2D eigenvalue weighted by Gasteiger charge is -2.13. The first-order chi connectivity index (χ1) is 3.34. The fourth-order valence-corrected chi connectivity index (χ4v) is 0.444. The van der Waals surface area contributed by atoms with Gasteiger partial charge in [-0.1, -0.05) is 0 Å². The summed E-state index contributed by atoms with van der Waals surface area (Å²) in [5, 5.41) is 2.46. The van der Waals surface area contributed by atoms with E-state index in [0.29, 0.717) is 12.3 Å². The lowest BCUT2D eigenvalue weighted by atomic mass is 10.2. The SMILES string of the molecule is O=C1NC/C1=N/Cl. The van der Waals surface area contributed by atoms with Crippen molar-refractivity contribution in [2.24, 2.45) is 4.51 Å². The van der Waals surface area contributed by atoms with E-state index in [1.807, 2.05) is 0 Å². The van der Waals surface area contributed by atoms with E-state index in [0.717, 1.165) is 0 Å². The second-order valence-electron chi connectivity index (χ2n) is 1.21. The highest BCUT2D eigenvalue weighted by molar-refractivity contribution is 6.49. The van der Waals surface area contributed by atoms with Gasteiger partial charge in [-0.25, -0.2) is 0 Å². The van der Waals surface area contributed by atoms with Crippen molar-refractivity contribution in [1.82, 2.24) is 5.32 Å². The van der Waals surface area contributed by atoms with E-state index >= 15 is 0 Å². The first-order valence-corrected chi connectivity index (χ1v) is 2.14. The maximum absolute atomic E-state index is 10.1. The fourth-order valence-electron chi connectivity index (χ4n) is 0.308. The van der Waals surface area contributed by atoms with Crippen molar-refractivity contribution in [3.63, 3.8) is 0 Å². The summed E-state index contributed by atoms with van der Waals surface area (Å²) < 4.78 is 3.15. The van der Waals surface area contributed by atoms with Crippen LogP contribution in [0.5, 0.6) is 0 Å². The molecule has 0 aromatic carbocycles. The van der Waals surface area contributed by atoms with Crippen LogP contribution in [-0.4, -0.2) is 18.2 Å². The molecule has 1 heterocycles. The third-order valence-corrected chi connectivity index (χ3v) is 0.985. The van der Waals surface area contributed by atoms with Gasteiger partial charge < -0.3 is 5.32 Å². The van der Waals surface area contributed by atoms with Gasteiger partial charge in [-0.15, -0.1) is 0 Å². The number of carbonyl (C=O) groups is 1. The summed E-state index contributed by atoms with van der Waals surface area (Å²) in [4.78, 5) is 10.1. The Morgan fingerprint density at radius 1 is 1.86 bits per heavy atom. The highest BCUT2D eigenvalue weighted by atomic mass is 35.5. The first-order valence-electron chi connectivity index (χ1n) is 1.80. The number of carbonyl (C=O) groups excluding carboxylic acids is 1. The normalized spacial score (nSPS) is 24.1. The molecule has 0 unspecified atom stereocenters. The van der Waals surface area contributed by atoms with Crippen LogP contribution in [0.15, 0.2) is 4.51 Å². The predicted octanol–water partition coefficient (Wildman–Crippen LogP) is -0.289. The average Bonchev–Trinajstić information content (AvgIpc) is 1.65. The lowest BCUT2D eigenvalue weighted by Crippen LogP contribution is -2.48. The molecule has 1 fully saturated rings. The molecule has 0 spiro atoms. The van der Waals surface area contributed by atoms with Gasteiger partial charge in [0.1, 0.15) is 5.71 Å². The van der Waals surface area contributed by atoms with Crippen LogP contribution in [0.2, 0.25) is 0 Å². The average molecular weight is 119 g/mol. The monoisotopic (exact) mass is 118 g/mol. The van der Waals surface area contributed by atoms with E-state index in [4.69, 9.17) is 11.8 Å². The summed E-state index contributed by atoms with van der Waals surface area (Å²) in [6, 6.07) is 0. The summed E-state index contributed by atoms with van der Waals surface area (Å²) in [6.07, 6.45) is 0. The number of rotatable bonds is 0. The molecule has 3 nitrogen and oxygen atoms in total. The van der Waals surface area contributed by atoms with Gasteiger partial charge in [0.15, 0.2) is 0 Å². The Hall–Kier alpha value is -0.570. The van der Waals surface area contributed by atoms with Crippen molar-refractivity contribution < 1.29 is 4.79 Å². The van der Waals surface area contributed by atoms with Crippen LogP contribution in [0.4, 0.5) is 0 Å². The Kier molecular flexibility index (Phi) is 0.982. The quantitative estimate of drug-likeness (QED) is 0.437. The lowest BCUT2D eigenvalue weighted by molar-refractivity contribution is -0.116. The number of hydrogen-bond acceptors (Lipinski definition) is 2. The van der Waals surface area contributed by atoms with Gasteiger partial charge in [0, 0.05) is 11.8 Å². The predicted molar refractivity (Wildman–Crippen MR) is 26.3 cm³/mol. The minimum absolute atomic E-state index is 0.157. The molecule has 0 atom stereocenters. The Labute approximate surface area is 45.5 Å². The molecule has 0 saturated carbocycles. The van der Waals surface area contributed by atoms with E-state index in [1.54, 1.807) is 0 Å². The Balaban J connectivity index is 2.61. The topological polar surface area (TPSA) is 41.5 Å². The molecule has 1 saturated heterocycles. The summed E-state index contributed by atoms with van der Waals surface area (Å²) in [5.74, 6) is -0.157. The number of nitrogens with zero attached hydrogens (tertiary/aromatic N) is 1. The number of amides is 1. The van der Waals surface area contributed by atoms with Crippen LogP contribution in [0.3, 0.4) is 0 Å². The minimum atomic E-state index is -0.157. The standard InChI is InChI=1S/C3H3ClN2O/c4-6-2-1-5-3(2)7/h1H2,(H,5,7)/b6-2-. The second-order valence-corrected chi connectivity index (χ2v) is 1.38. The van der Waals surface area contributed by atoms with Crippen LogP contribution in [-0.2, 0) is 4.79 Å². The molecule has 0 aromatic heterocycles. The van der Waals surface area contributed by atoms with Crippen LogP contribution in [0.1, 0.15) is 0 Å². The van der Waals surface area contributed by atoms with Crippen LogP contribution < -0.4 is 5.32 Å². The van der Waals surface area contributed by atoms with Gasteiger partial charge in [0.25, 0.3) is 5.91 Å². The van der Waals surface area contributed by atoms with Crippen LogP contribution >= 0.6 is 11.8 Å². The molecule has 0 aromatic rings. The molecule has 0 bridgehead atoms. The van der Waals surface area contributed by atoms with E-state index in [-0.39, 0.29) is 5.91 Å². The third kappa shape index (κ3) is 0.587. The maximum Gasteiger partial charge on any atom is 0.269 e. The van der Waals surface area contributed by atoms with Gasteiger partial charge in [-0.2, -0.15) is 4.51 Å². The Bertz CT molecular complexity index is 131. The summed E-state index contributed by atoms with van der Waals surface area (Å²) in [5.41, 5.74) is 0.418. The zero-order valence-electron chi connectivity index (χ0n) is 3.44. The third-order valence-electron chi connectivity index (χ3n) is 0.781. The van der Waals surface area contributed by atoms with Crippen molar-refractivity contribution in [3.05, 3.63) is 0 Å². The van der Waals surface area contributed by atoms with Crippen molar-refractivity contribution in [1.29, 1.82) is 0 Å². The number of hydrogen-bond donors (Lipinski definition) is 1. The molecule has 1 rings (SSSR count). The fraction of sp³-hybridized carbons (Fsp3) is 0.333. The van der Waals surface area contributed by atoms with Crippen molar-refractivity contribution in [3.8, 4) is 0 Å². The zero-order chi connectivity index (χ0) is 5.28. The highest BCUT2D eigenvalue weighted by Crippen LogP contribution is 1.90. The zero-order valence-corrected chi connectivity index (χ0v) is 4.20. The summed E-state index contributed by atoms with van der Waals surface area (Å²) >= 11 is 4.93. The molecule has 7 heavy (non-hydrogen) atoms. The Morgan fingerprint density at radius 3 is 2.57 bits per heavy atom. The molecule has 1 amide bonds. The van der Waals surface area contributed by atoms with Crippen molar-refractivity contribution in [2.45, 2.75) is 0 Å². The summed E-state index contributed by atoms with van der Waals surface area (Å²) in [7, 11) is 0. The molecular weight excluding hydrogens is 115 g/mol. The minimum Gasteiger partial charge on any atom is -0.345 e. The molecule has 0 aliphatic carbocycles. The van der Waals surface area contributed by atoms with E-state index < -0.39 is 0 Å². The molecule has 38 valence electrons. The molecule has 1 aliphatic rings. The molecule has 1 N–H and O–H groups in total. The smallest absolute Gasteiger partial charge is 0.269 e. The van der Waals surface area contributed by atoms with E-state index in [1.165, 1.54) is 0 Å². The Morgan fingerprint density at radius 2 is 2.57 bits per heavy atom. The largest absolute Gasteiger partial charge is 0.345 e. The molecule has 0 radical (unpaired) electrons.